The number of carbonyl (C=O) groups excluding carboxylic acids is 1. The third kappa shape index (κ3) is 5.73. The summed E-state index contributed by atoms with van der Waals surface area (Å²) in [6, 6.07) is 7.19. The van der Waals surface area contributed by atoms with Gasteiger partial charge in [0.05, 0.1) is 30.8 Å². The Hall–Kier alpha value is -1.79. The van der Waals surface area contributed by atoms with Crippen molar-refractivity contribution >= 4 is 23.5 Å². The van der Waals surface area contributed by atoms with E-state index in [1.165, 1.54) is 0 Å². The molecule has 0 saturated carbocycles. The van der Waals surface area contributed by atoms with E-state index in [9.17, 15) is 9.59 Å². The van der Waals surface area contributed by atoms with Gasteiger partial charge in [-0.3, -0.25) is 9.59 Å². The smallest absolute Gasteiger partial charge is 0.306 e. The Bertz CT molecular complexity index is 551. The topological polar surface area (TPSA) is 76.1 Å². The van der Waals surface area contributed by atoms with Crippen molar-refractivity contribution in [3.63, 3.8) is 0 Å². The second-order valence-corrected chi connectivity index (χ2v) is 5.72. The second-order valence-electron chi connectivity index (χ2n) is 5.31. The van der Waals surface area contributed by atoms with E-state index in [1.54, 1.807) is 17.0 Å². The van der Waals surface area contributed by atoms with Crippen molar-refractivity contribution in [3.8, 4) is 5.75 Å². The van der Waals surface area contributed by atoms with Crippen LogP contribution in [0.3, 0.4) is 0 Å². The minimum Gasteiger partial charge on any atom is -0.492 e. The molecule has 1 aliphatic rings. The molecular weight excluding hydrogens is 322 g/mol. The highest BCUT2D eigenvalue weighted by Gasteiger charge is 2.25. The molecule has 0 aliphatic carbocycles. The molecule has 1 N–H and O–H groups in total. The molecule has 0 bridgehead atoms. The summed E-state index contributed by atoms with van der Waals surface area (Å²) in [6.07, 6.45) is 0.416. The molecule has 7 heteroatoms. The molecule has 6 nitrogen and oxygen atoms in total. The van der Waals surface area contributed by atoms with Crippen LogP contribution in [-0.4, -0.2) is 54.3 Å². The van der Waals surface area contributed by atoms with Gasteiger partial charge in [0.2, 0.25) is 5.91 Å². The van der Waals surface area contributed by atoms with E-state index >= 15 is 0 Å². The molecule has 0 radical (unpaired) electrons. The Kier molecular flexibility index (Phi) is 6.67. The third-order valence-corrected chi connectivity index (χ3v) is 3.84. The van der Waals surface area contributed by atoms with Crippen molar-refractivity contribution in [3.05, 3.63) is 29.3 Å². The minimum atomic E-state index is -0.919. The van der Waals surface area contributed by atoms with Crippen molar-refractivity contribution in [2.24, 2.45) is 0 Å². The number of hydrogen-bond acceptors (Lipinski definition) is 4. The highest BCUT2D eigenvalue weighted by Crippen LogP contribution is 2.23. The summed E-state index contributed by atoms with van der Waals surface area (Å²) in [5, 5.41) is 9.33. The Morgan fingerprint density at radius 3 is 2.91 bits per heavy atom. The molecule has 0 aromatic heterocycles. The van der Waals surface area contributed by atoms with Crippen LogP contribution in [0.15, 0.2) is 24.3 Å². The molecule has 1 atom stereocenters. The molecule has 1 aromatic carbocycles. The third-order valence-electron chi connectivity index (χ3n) is 3.52. The number of halogens is 1. The zero-order valence-corrected chi connectivity index (χ0v) is 13.5. The van der Waals surface area contributed by atoms with Crippen molar-refractivity contribution < 1.29 is 24.2 Å². The number of hydrogen-bond donors (Lipinski definition) is 1. The molecule has 1 unspecified atom stereocenters. The van der Waals surface area contributed by atoms with Crippen molar-refractivity contribution in [1.29, 1.82) is 0 Å². The second kappa shape index (κ2) is 8.74. The summed E-state index contributed by atoms with van der Waals surface area (Å²) >= 11 is 5.98. The van der Waals surface area contributed by atoms with Crippen LogP contribution in [0.2, 0.25) is 5.02 Å². The standard InChI is InChI=1S/C16H20ClNO5/c17-13-4-1-2-5-14(13)23-8-3-6-15(19)18-7-9-22-12(11-18)10-16(20)21/h1-2,4-5,12H,3,6-11H2,(H,20,21). The average molecular weight is 342 g/mol. The van der Waals surface area contributed by atoms with Crippen LogP contribution < -0.4 is 4.74 Å². The Labute approximate surface area is 139 Å². The SMILES string of the molecule is O=C(O)CC1CN(C(=O)CCCOc2ccccc2Cl)CCO1. The predicted octanol–water partition coefficient (Wildman–Crippen LogP) is 2.20. The summed E-state index contributed by atoms with van der Waals surface area (Å²) in [5.41, 5.74) is 0. The first-order chi connectivity index (χ1) is 11.1. The summed E-state index contributed by atoms with van der Waals surface area (Å²) in [6.45, 7) is 1.61. The highest BCUT2D eigenvalue weighted by molar-refractivity contribution is 6.32. The number of nitrogens with zero attached hydrogens (tertiary/aromatic N) is 1. The van der Waals surface area contributed by atoms with E-state index < -0.39 is 12.1 Å². The maximum absolute atomic E-state index is 12.1. The average Bonchev–Trinajstić information content (AvgIpc) is 2.52. The van der Waals surface area contributed by atoms with E-state index in [4.69, 9.17) is 26.2 Å². The summed E-state index contributed by atoms with van der Waals surface area (Å²) in [7, 11) is 0. The molecule has 1 amide bonds. The molecule has 23 heavy (non-hydrogen) atoms. The number of para-hydroxylation sites is 1. The molecule has 1 aliphatic heterocycles. The van der Waals surface area contributed by atoms with E-state index in [0.29, 0.717) is 49.9 Å². The van der Waals surface area contributed by atoms with Gasteiger partial charge in [-0.05, 0) is 18.6 Å². The van der Waals surface area contributed by atoms with Gasteiger partial charge in [-0.25, -0.2) is 0 Å². The van der Waals surface area contributed by atoms with Gasteiger partial charge in [-0.15, -0.1) is 0 Å². The molecule has 0 spiro atoms. The lowest BCUT2D eigenvalue weighted by Crippen LogP contribution is -2.46. The lowest BCUT2D eigenvalue weighted by molar-refractivity contribution is -0.147. The fraction of sp³-hybridized carbons (Fsp3) is 0.500. The Morgan fingerprint density at radius 2 is 2.17 bits per heavy atom. The van der Waals surface area contributed by atoms with E-state index in [0.717, 1.165) is 0 Å². The maximum Gasteiger partial charge on any atom is 0.306 e. The minimum absolute atomic E-state index is 0.00792. The quantitative estimate of drug-likeness (QED) is 0.769. The number of amides is 1. The molecular formula is C16H20ClNO5. The Morgan fingerprint density at radius 1 is 1.39 bits per heavy atom. The van der Waals surface area contributed by atoms with Crippen LogP contribution in [0, 0.1) is 0 Å². The molecule has 1 fully saturated rings. The molecule has 1 saturated heterocycles. The van der Waals surface area contributed by atoms with Crippen LogP contribution >= 0.6 is 11.6 Å². The monoisotopic (exact) mass is 341 g/mol. The first-order valence-corrected chi connectivity index (χ1v) is 7.92. The van der Waals surface area contributed by atoms with E-state index in [-0.39, 0.29) is 12.3 Å². The van der Waals surface area contributed by atoms with Gasteiger partial charge in [0.25, 0.3) is 0 Å². The summed E-state index contributed by atoms with van der Waals surface area (Å²) in [4.78, 5) is 24.5. The van der Waals surface area contributed by atoms with Crippen LogP contribution in [-0.2, 0) is 14.3 Å². The molecule has 2 rings (SSSR count). The van der Waals surface area contributed by atoms with Crippen molar-refractivity contribution in [2.45, 2.75) is 25.4 Å². The van der Waals surface area contributed by atoms with Gasteiger partial charge in [-0.1, -0.05) is 23.7 Å². The first-order valence-electron chi connectivity index (χ1n) is 7.55. The number of aliphatic carboxylic acids is 1. The largest absolute Gasteiger partial charge is 0.492 e. The van der Waals surface area contributed by atoms with E-state index in [2.05, 4.69) is 0 Å². The Balaban J connectivity index is 1.70. The summed E-state index contributed by atoms with van der Waals surface area (Å²) < 4.78 is 10.9. The summed E-state index contributed by atoms with van der Waals surface area (Å²) in [5.74, 6) is -0.321. The molecule has 1 heterocycles. The number of carboxylic acid groups (broad SMARTS) is 1. The first kappa shape index (κ1) is 17.6. The zero-order chi connectivity index (χ0) is 16.7. The van der Waals surface area contributed by atoms with Crippen LogP contribution in [0.5, 0.6) is 5.75 Å². The highest BCUT2D eigenvalue weighted by atomic mass is 35.5. The normalized spacial score (nSPS) is 17.8. The van der Waals surface area contributed by atoms with Crippen LogP contribution in [0.4, 0.5) is 0 Å². The zero-order valence-electron chi connectivity index (χ0n) is 12.7. The number of carboxylic acids is 1. The van der Waals surface area contributed by atoms with Gasteiger partial charge in [0.15, 0.2) is 0 Å². The van der Waals surface area contributed by atoms with Gasteiger partial charge in [-0.2, -0.15) is 0 Å². The van der Waals surface area contributed by atoms with Crippen LogP contribution in [0.1, 0.15) is 19.3 Å². The number of rotatable bonds is 7. The maximum atomic E-state index is 12.1. The van der Waals surface area contributed by atoms with Gasteiger partial charge in [0.1, 0.15) is 5.75 Å². The van der Waals surface area contributed by atoms with Gasteiger partial charge < -0.3 is 19.5 Å². The van der Waals surface area contributed by atoms with Gasteiger partial charge in [0, 0.05) is 19.5 Å². The van der Waals surface area contributed by atoms with Crippen LogP contribution in [0.25, 0.3) is 0 Å². The fourth-order valence-electron chi connectivity index (χ4n) is 2.39. The molecule has 126 valence electrons. The lowest BCUT2D eigenvalue weighted by Gasteiger charge is -2.32. The number of ether oxygens (including phenoxy) is 2. The predicted molar refractivity (Wildman–Crippen MR) is 84.8 cm³/mol. The number of morpholine rings is 1. The number of carbonyl (C=O) groups is 2. The molecule has 1 aromatic rings. The number of benzene rings is 1. The van der Waals surface area contributed by atoms with Crippen molar-refractivity contribution in [2.75, 3.05) is 26.3 Å². The lowest BCUT2D eigenvalue weighted by atomic mass is 10.2. The van der Waals surface area contributed by atoms with E-state index in [1.807, 2.05) is 12.1 Å². The fourth-order valence-corrected chi connectivity index (χ4v) is 2.58. The van der Waals surface area contributed by atoms with Crippen molar-refractivity contribution in [1.82, 2.24) is 4.90 Å². The van der Waals surface area contributed by atoms with Gasteiger partial charge >= 0.3 is 5.97 Å².